The zero-order chi connectivity index (χ0) is 20.5. The van der Waals surface area contributed by atoms with Crippen LogP contribution < -0.4 is 0 Å². The van der Waals surface area contributed by atoms with Crippen molar-refractivity contribution in [2.24, 2.45) is 5.92 Å². The van der Waals surface area contributed by atoms with Gasteiger partial charge in [-0.2, -0.15) is 0 Å². The van der Waals surface area contributed by atoms with Crippen LogP contribution in [0.25, 0.3) is 0 Å². The van der Waals surface area contributed by atoms with Gasteiger partial charge in [0.1, 0.15) is 0 Å². The van der Waals surface area contributed by atoms with Crippen molar-refractivity contribution in [2.75, 3.05) is 13.2 Å². The van der Waals surface area contributed by atoms with Crippen molar-refractivity contribution < 1.29 is 24.2 Å². The van der Waals surface area contributed by atoms with Gasteiger partial charge < -0.3 is 14.6 Å². The Morgan fingerprint density at radius 3 is 2.27 bits per heavy atom. The van der Waals surface area contributed by atoms with E-state index in [0.717, 1.165) is 12.0 Å². The first-order chi connectivity index (χ1) is 11.8. The van der Waals surface area contributed by atoms with Crippen LogP contribution in [-0.4, -0.2) is 39.7 Å². The number of aliphatic hydroxyl groups is 1. The Hall–Kier alpha value is -0.750. The molecule has 0 aliphatic rings. The number of rotatable bonds is 10. The molecule has 0 aromatic rings. The van der Waals surface area contributed by atoms with Gasteiger partial charge in [0, 0.05) is 13.3 Å². The molecule has 1 N–H and O–H groups in total. The predicted octanol–water partition coefficient (Wildman–Crippen LogP) is 4.52. The van der Waals surface area contributed by atoms with Crippen molar-refractivity contribution >= 4 is 46.7 Å². The van der Waals surface area contributed by atoms with Gasteiger partial charge >= 0.3 is 11.9 Å². The van der Waals surface area contributed by atoms with Crippen molar-refractivity contribution in [1.29, 1.82) is 0 Å². The van der Waals surface area contributed by atoms with Gasteiger partial charge in [-0.1, -0.05) is 60.0 Å². The third-order valence-electron chi connectivity index (χ3n) is 3.85. The van der Waals surface area contributed by atoms with Gasteiger partial charge in [0.15, 0.2) is 0 Å². The summed E-state index contributed by atoms with van der Waals surface area (Å²) in [6.07, 6.45) is 3.39. The summed E-state index contributed by atoms with van der Waals surface area (Å²) in [5.41, 5.74) is 0.327. The lowest BCUT2D eigenvalue weighted by Crippen LogP contribution is -2.30. The van der Waals surface area contributed by atoms with Gasteiger partial charge in [-0.3, -0.25) is 4.79 Å². The van der Waals surface area contributed by atoms with Crippen LogP contribution in [0.3, 0.4) is 0 Å². The summed E-state index contributed by atoms with van der Waals surface area (Å²) in [5.74, 6) is -0.995. The standard InChI is InChI=1S/C18H27Cl3O5/c1-12(6-8-25-15(4)22)10-13(2)11-14(3)17(5,24)7-9-26-16(23)18(19,20)21/h11-12,24H,2,6-10H2,1,3-5H3/b14-11+/t12-,17+/m0/s1. The third-order valence-corrected chi connectivity index (χ3v) is 4.31. The average Bonchev–Trinajstić information content (AvgIpc) is 2.44. The molecule has 0 saturated heterocycles. The first kappa shape index (κ1) is 25.2. The first-order valence-corrected chi connectivity index (χ1v) is 9.35. The molecule has 2 atom stereocenters. The van der Waals surface area contributed by atoms with Crippen LogP contribution in [-0.2, 0) is 19.1 Å². The zero-order valence-corrected chi connectivity index (χ0v) is 17.9. The van der Waals surface area contributed by atoms with E-state index in [-0.39, 0.29) is 24.9 Å². The Morgan fingerprint density at radius 2 is 1.77 bits per heavy atom. The molecule has 5 nitrogen and oxygen atoms in total. The van der Waals surface area contributed by atoms with E-state index in [0.29, 0.717) is 18.6 Å². The van der Waals surface area contributed by atoms with Crippen LogP contribution in [0.1, 0.15) is 47.0 Å². The largest absolute Gasteiger partial charge is 0.466 e. The molecule has 0 aromatic carbocycles. The first-order valence-electron chi connectivity index (χ1n) is 8.22. The van der Waals surface area contributed by atoms with Crippen LogP contribution in [0.2, 0.25) is 0 Å². The predicted molar refractivity (Wildman–Crippen MR) is 104 cm³/mol. The van der Waals surface area contributed by atoms with Crippen molar-refractivity contribution in [1.82, 2.24) is 0 Å². The van der Waals surface area contributed by atoms with Gasteiger partial charge in [0.05, 0.1) is 18.8 Å². The fourth-order valence-electron chi connectivity index (χ4n) is 2.10. The molecule has 0 amide bonds. The molecular weight excluding hydrogens is 403 g/mol. The number of esters is 2. The SMILES string of the molecule is C=C(/C=C(\C)[C@](C)(O)CCOC(=O)C(Cl)(Cl)Cl)C[C@@H](C)CCOC(C)=O. The molecule has 0 rings (SSSR count). The highest BCUT2D eigenvalue weighted by Gasteiger charge is 2.33. The monoisotopic (exact) mass is 428 g/mol. The zero-order valence-electron chi connectivity index (χ0n) is 15.6. The molecule has 0 aliphatic carbocycles. The fraction of sp³-hybridized carbons (Fsp3) is 0.667. The number of hydrogen-bond donors (Lipinski definition) is 1. The quantitative estimate of drug-likeness (QED) is 0.314. The summed E-state index contributed by atoms with van der Waals surface area (Å²) in [7, 11) is 0. The van der Waals surface area contributed by atoms with Crippen molar-refractivity contribution in [3.63, 3.8) is 0 Å². The minimum absolute atomic E-state index is 0.0871. The second-order valence-corrected chi connectivity index (χ2v) is 8.86. The third kappa shape index (κ3) is 11.1. The molecule has 0 radical (unpaired) electrons. The molecule has 0 aliphatic heterocycles. The molecule has 26 heavy (non-hydrogen) atoms. The van der Waals surface area contributed by atoms with E-state index in [4.69, 9.17) is 44.3 Å². The number of halogens is 3. The van der Waals surface area contributed by atoms with E-state index in [2.05, 4.69) is 6.58 Å². The number of hydrogen-bond acceptors (Lipinski definition) is 5. The lowest BCUT2D eigenvalue weighted by Gasteiger charge is -2.25. The summed E-state index contributed by atoms with van der Waals surface area (Å²) < 4.78 is 7.63. The van der Waals surface area contributed by atoms with Crippen molar-refractivity contribution in [3.05, 3.63) is 23.8 Å². The second-order valence-electron chi connectivity index (χ2n) is 6.58. The Bertz CT molecular complexity index is 535. The van der Waals surface area contributed by atoms with Crippen molar-refractivity contribution in [3.8, 4) is 0 Å². The highest BCUT2D eigenvalue weighted by Crippen LogP contribution is 2.28. The van der Waals surface area contributed by atoms with E-state index < -0.39 is 15.4 Å². The van der Waals surface area contributed by atoms with E-state index in [1.54, 1.807) is 19.9 Å². The molecule has 0 unspecified atom stereocenters. The maximum atomic E-state index is 11.4. The highest BCUT2D eigenvalue weighted by molar-refractivity contribution is 6.75. The van der Waals surface area contributed by atoms with Gasteiger partial charge in [0.25, 0.3) is 3.79 Å². The summed E-state index contributed by atoms with van der Waals surface area (Å²) in [6.45, 7) is 11.1. The highest BCUT2D eigenvalue weighted by atomic mass is 35.6. The maximum Gasteiger partial charge on any atom is 0.358 e. The van der Waals surface area contributed by atoms with Gasteiger partial charge in [-0.15, -0.1) is 0 Å². The van der Waals surface area contributed by atoms with E-state index in [1.165, 1.54) is 6.92 Å². The van der Waals surface area contributed by atoms with Crippen LogP contribution in [0.4, 0.5) is 0 Å². The Kier molecular flexibility index (Phi) is 10.9. The number of alkyl halides is 3. The van der Waals surface area contributed by atoms with E-state index in [1.807, 2.05) is 6.92 Å². The summed E-state index contributed by atoms with van der Waals surface area (Å²) >= 11 is 16.2. The number of carbonyl (C=O) groups is 2. The smallest absolute Gasteiger partial charge is 0.358 e. The topological polar surface area (TPSA) is 72.8 Å². The van der Waals surface area contributed by atoms with Gasteiger partial charge in [-0.25, -0.2) is 4.79 Å². The second kappa shape index (κ2) is 11.2. The lowest BCUT2D eigenvalue weighted by molar-refractivity contribution is -0.144. The van der Waals surface area contributed by atoms with Gasteiger partial charge in [0.2, 0.25) is 0 Å². The number of carbonyl (C=O) groups excluding carboxylic acids is 2. The van der Waals surface area contributed by atoms with E-state index in [9.17, 15) is 14.7 Å². The Balaban J connectivity index is 4.48. The normalized spacial score (nSPS) is 15.8. The van der Waals surface area contributed by atoms with Crippen LogP contribution in [0, 0.1) is 5.92 Å². The summed E-state index contributed by atoms with van der Waals surface area (Å²) in [6, 6.07) is 0. The van der Waals surface area contributed by atoms with E-state index >= 15 is 0 Å². The average molecular weight is 430 g/mol. The molecule has 0 aromatic heterocycles. The number of ether oxygens (including phenoxy) is 2. The fourth-order valence-corrected chi connectivity index (χ4v) is 2.26. The molecular formula is C18H27Cl3O5. The van der Waals surface area contributed by atoms with Crippen LogP contribution in [0.15, 0.2) is 23.8 Å². The molecule has 8 heteroatoms. The molecule has 0 heterocycles. The lowest BCUT2D eigenvalue weighted by atomic mass is 9.90. The molecule has 0 saturated carbocycles. The molecule has 150 valence electrons. The Morgan fingerprint density at radius 1 is 1.19 bits per heavy atom. The molecule has 0 bridgehead atoms. The minimum atomic E-state index is -2.13. The molecule has 0 spiro atoms. The Labute approximate surface area is 170 Å². The number of allylic oxidation sites excluding steroid dienone is 2. The minimum Gasteiger partial charge on any atom is -0.466 e. The summed E-state index contributed by atoms with van der Waals surface area (Å²) in [4.78, 5) is 22.1. The van der Waals surface area contributed by atoms with Gasteiger partial charge in [-0.05, 0) is 38.2 Å². The van der Waals surface area contributed by atoms with Crippen LogP contribution >= 0.6 is 34.8 Å². The molecule has 0 fully saturated rings. The van der Waals surface area contributed by atoms with Crippen molar-refractivity contribution in [2.45, 2.75) is 56.4 Å². The summed E-state index contributed by atoms with van der Waals surface area (Å²) in [5, 5.41) is 10.5. The maximum absolute atomic E-state index is 11.4. The van der Waals surface area contributed by atoms with Crippen LogP contribution in [0.5, 0.6) is 0 Å².